The molecule has 2 fully saturated rings. The molecule has 1 saturated heterocycles. The van der Waals surface area contributed by atoms with Gasteiger partial charge in [0.05, 0.1) is 4.53 Å². The van der Waals surface area contributed by atoms with Crippen LogP contribution in [0, 0.1) is 9.20 Å². The van der Waals surface area contributed by atoms with Crippen LogP contribution in [0.25, 0.3) is 22.6 Å². The maximum atomic E-state index is 14.7. The van der Waals surface area contributed by atoms with E-state index in [9.17, 15) is 39.0 Å². The van der Waals surface area contributed by atoms with Gasteiger partial charge in [-0.05, 0) is 108 Å². The third-order valence-corrected chi connectivity index (χ3v) is 18.9. The molecule has 6 aromatic rings. The predicted octanol–water partition coefficient (Wildman–Crippen LogP) is 11.3. The number of thioether (sulfide) groups is 1. The number of rotatable bonds is 25. The monoisotopic (exact) mass is 1120 g/mol. The van der Waals surface area contributed by atoms with Crippen molar-refractivity contribution >= 4 is 109 Å². The molecule has 2 unspecified atom stereocenters. The number of carbonyl (C=O) groups excluding carboxylic acids is 1. The van der Waals surface area contributed by atoms with Crippen LogP contribution in [0.3, 0.4) is 0 Å². The molecule has 1 saturated carbocycles. The van der Waals surface area contributed by atoms with Gasteiger partial charge in [-0.15, -0.1) is 22.7 Å². The Hall–Kier alpha value is -6.66. The Morgan fingerprint density at radius 3 is 1.83 bits per heavy atom. The predicted molar refractivity (Wildman–Crippen MR) is 316 cm³/mol. The lowest BCUT2D eigenvalue weighted by molar-refractivity contribution is -0.138. The fraction of sp³-hybridized carbons (Fsp3) is 0.361. The lowest BCUT2D eigenvalue weighted by Crippen LogP contribution is -2.32. The molecule has 78 heavy (non-hydrogen) atoms. The SMILES string of the molecule is O=C(O)CCCCCCCCCCCN1C(=O)/C(=c2\s/c(=c3/s/c(=C\c4ccc5c(c4)C4CCCC4N5c4ccc(C=C(c5ccccc5)c5ccccc5)cc4)c(=O)n3CC(=O)O)c(=O)n2CCCCCC(=O)O)SC1=S. The second-order valence-corrected chi connectivity index (χ2v) is 23.9. The molecule has 1 amide bonds. The van der Waals surface area contributed by atoms with Crippen molar-refractivity contribution in [2.75, 3.05) is 11.4 Å². The molecule has 1 aliphatic carbocycles. The number of fused-ring (bicyclic) bond motifs is 3. The fourth-order valence-corrected chi connectivity index (χ4v) is 14.9. The highest BCUT2D eigenvalue weighted by molar-refractivity contribution is 8.30. The van der Waals surface area contributed by atoms with Gasteiger partial charge < -0.3 is 20.2 Å². The number of thiazole rings is 2. The third-order valence-electron chi connectivity index (χ3n) is 14.8. The van der Waals surface area contributed by atoms with Crippen molar-refractivity contribution in [1.29, 1.82) is 0 Å². The molecule has 3 aliphatic rings. The number of hydrogen-bond acceptors (Lipinski definition) is 11. The molecule has 2 aromatic heterocycles. The fourth-order valence-electron chi connectivity index (χ4n) is 11.0. The standard InChI is InChI=1S/C61H64N4O9S4/c66-51(67)26-15-6-4-2-1-3-5-7-17-35-63-58(74)55(78-61(63)75)59-62(34-18-10-16-27-52(68)69)57(73)54(77-59)60-64(39-53(70)71)56(72)50(76-60)38-41-30-33-49-47(37-41)45-24-19-25-48(45)65(49)44-31-28-40(29-32-44)36-46(42-20-11-8-12-21-42)43-22-13-9-14-23-43/h8-9,11-14,20-23,28-33,36-38,45,48H,1-7,10,15-19,24-27,34-35,39H2,(H,66,67)(H,68,69)(H,70,71)/b50-38-,59-55+,60-54+. The number of carbonyl (C=O) groups is 4. The van der Waals surface area contributed by atoms with Crippen molar-refractivity contribution in [1.82, 2.24) is 14.0 Å². The summed E-state index contributed by atoms with van der Waals surface area (Å²) in [4.78, 5) is 82.0. The quantitative estimate of drug-likeness (QED) is 0.0281. The summed E-state index contributed by atoms with van der Waals surface area (Å²) in [6.07, 6.45) is 17.2. The summed E-state index contributed by atoms with van der Waals surface area (Å²) < 4.78 is 4.00. The number of nitrogens with zero attached hydrogens (tertiary/aromatic N) is 4. The smallest absolute Gasteiger partial charge is 0.323 e. The summed E-state index contributed by atoms with van der Waals surface area (Å²) in [7, 11) is 0. The molecule has 0 spiro atoms. The summed E-state index contributed by atoms with van der Waals surface area (Å²) in [5.41, 5.74) is 7.73. The van der Waals surface area contributed by atoms with Gasteiger partial charge in [0, 0.05) is 49.3 Å². The van der Waals surface area contributed by atoms with E-state index in [0.29, 0.717) is 46.1 Å². The molecule has 0 bridgehead atoms. The van der Waals surface area contributed by atoms with E-state index < -0.39 is 35.6 Å². The van der Waals surface area contributed by atoms with Gasteiger partial charge in [-0.25, -0.2) is 0 Å². The zero-order chi connectivity index (χ0) is 54.7. The molecule has 2 aliphatic heterocycles. The van der Waals surface area contributed by atoms with Gasteiger partial charge in [0.2, 0.25) is 0 Å². The van der Waals surface area contributed by atoms with Gasteiger partial charge in [-0.2, -0.15) is 0 Å². The number of carboxylic acid groups (broad SMARTS) is 3. The summed E-state index contributed by atoms with van der Waals surface area (Å²) in [6, 6.07) is 36.1. The Bertz CT molecular complexity index is 3530. The van der Waals surface area contributed by atoms with E-state index in [1.165, 1.54) is 10.1 Å². The van der Waals surface area contributed by atoms with Crippen LogP contribution in [0.1, 0.15) is 143 Å². The summed E-state index contributed by atoms with van der Waals surface area (Å²) in [6.45, 7) is -0.0742. The van der Waals surface area contributed by atoms with Crippen LogP contribution in [0.15, 0.2) is 113 Å². The van der Waals surface area contributed by atoms with E-state index in [-0.39, 0.29) is 51.0 Å². The lowest BCUT2D eigenvalue weighted by atomic mass is 9.95. The minimum Gasteiger partial charge on any atom is -0.481 e. The lowest BCUT2D eigenvalue weighted by Gasteiger charge is -2.27. The van der Waals surface area contributed by atoms with Crippen LogP contribution in [0.4, 0.5) is 11.4 Å². The Kier molecular flexibility index (Phi) is 18.9. The number of aromatic nitrogens is 2. The van der Waals surface area contributed by atoms with Crippen molar-refractivity contribution in [2.24, 2.45) is 0 Å². The molecule has 406 valence electrons. The number of carboxylic acids is 3. The topological polar surface area (TPSA) is 179 Å². The highest BCUT2D eigenvalue weighted by Crippen LogP contribution is 2.52. The highest BCUT2D eigenvalue weighted by Gasteiger charge is 2.42. The first-order valence-corrected chi connectivity index (χ1v) is 30.0. The maximum absolute atomic E-state index is 14.7. The Morgan fingerprint density at radius 2 is 1.21 bits per heavy atom. The zero-order valence-electron chi connectivity index (χ0n) is 43.5. The Morgan fingerprint density at radius 1 is 0.615 bits per heavy atom. The summed E-state index contributed by atoms with van der Waals surface area (Å²) in [5, 5.41) is 28.2. The van der Waals surface area contributed by atoms with Crippen molar-refractivity contribution in [2.45, 2.75) is 134 Å². The largest absolute Gasteiger partial charge is 0.481 e. The average molecular weight is 1130 g/mol. The third kappa shape index (κ3) is 13.2. The average Bonchev–Trinajstić information content (AvgIpc) is 4.45. The number of unbranched alkanes of at least 4 members (excludes halogenated alkanes) is 10. The van der Waals surface area contributed by atoms with Crippen molar-refractivity contribution < 1.29 is 34.5 Å². The van der Waals surface area contributed by atoms with Gasteiger partial charge in [-0.3, -0.25) is 42.8 Å². The van der Waals surface area contributed by atoms with E-state index >= 15 is 0 Å². The second kappa shape index (κ2) is 26.3. The molecule has 9 rings (SSSR count). The van der Waals surface area contributed by atoms with E-state index in [0.717, 1.165) is 149 Å². The number of anilines is 2. The van der Waals surface area contributed by atoms with Gasteiger partial charge in [0.1, 0.15) is 29.6 Å². The second-order valence-electron chi connectivity index (χ2n) is 20.3. The van der Waals surface area contributed by atoms with Gasteiger partial charge in [-0.1, -0.05) is 161 Å². The van der Waals surface area contributed by atoms with E-state index in [2.05, 4.69) is 95.9 Å². The van der Waals surface area contributed by atoms with Crippen molar-refractivity contribution in [3.63, 3.8) is 0 Å². The molecule has 2 atom stereocenters. The van der Waals surface area contributed by atoms with Crippen LogP contribution < -0.4 is 25.2 Å². The molecule has 3 N–H and O–H groups in total. The van der Waals surface area contributed by atoms with Crippen LogP contribution in [-0.4, -0.2) is 70.1 Å². The molecule has 17 heteroatoms. The minimum absolute atomic E-state index is 0.0158. The molecular weight excluding hydrogens is 1060 g/mol. The van der Waals surface area contributed by atoms with Gasteiger partial charge >= 0.3 is 17.9 Å². The molecule has 13 nitrogen and oxygen atoms in total. The molecule has 4 heterocycles. The number of thiocarbonyl (C=S) groups is 1. The van der Waals surface area contributed by atoms with E-state index in [1.807, 2.05) is 18.2 Å². The van der Waals surface area contributed by atoms with Crippen LogP contribution in [0.5, 0.6) is 0 Å². The van der Waals surface area contributed by atoms with Crippen LogP contribution >= 0.6 is 46.7 Å². The normalized spacial score (nSPS) is 17.2. The minimum atomic E-state index is -1.25. The molecule has 4 aromatic carbocycles. The first-order chi connectivity index (χ1) is 37.9. The zero-order valence-corrected chi connectivity index (χ0v) is 46.7. The number of hydrogen-bond donors (Lipinski definition) is 3. The Balaban J connectivity index is 1.01. The maximum Gasteiger partial charge on any atom is 0.323 e. The van der Waals surface area contributed by atoms with Crippen molar-refractivity contribution in [3.05, 3.63) is 170 Å². The highest BCUT2D eigenvalue weighted by atomic mass is 32.2. The van der Waals surface area contributed by atoms with Crippen LogP contribution in [-0.2, 0) is 32.3 Å². The number of aliphatic carboxylic acids is 3. The van der Waals surface area contributed by atoms with E-state index in [4.69, 9.17) is 17.3 Å². The number of benzene rings is 4. The van der Waals surface area contributed by atoms with Gasteiger partial charge in [0.15, 0.2) is 0 Å². The summed E-state index contributed by atoms with van der Waals surface area (Å²) >= 11 is 8.98. The first kappa shape index (κ1) is 56.1. The van der Waals surface area contributed by atoms with Crippen LogP contribution in [0.2, 0.25) is 0 Å². The number of amides is 1. The van der Waals surface area contributed by atoms with Gasteiger partial charge in [0.25, 0.3) is 17.0 Å². The summed E-state index contributed by atoms with van der Waals surface area (Å²) in [5.74, 6) is -2.94. The first-order valence-electron chi connectivity index (χ1n) is 27.1. The van der Waals surface area contributed by atoms with E-state index in [1.54, 1.807) is 11.0 Å². The molecular formula is C61H64N4O9S4. The molecule has 0 radical (unpaired) electrons. The van der Waals surface area contributed by atoms with Crippen molar-refractivity contribution in [3.8, 4) is 0 Å². The Labute approximate surface area is 470 Å².